The van der Waals surface area contributed by atoms with Gasteiger partial charge in [0.15, 0.2) is 0 Å². The first kappa shape index (κ1) is 12.1. The molecule has 1 heterocycles. The Morgan fingerprint density at radius 1 is 1.50 bits per heavy atom. The fourth-order valence-electron chi connectivity index (χ4n) is 2.50. The van der Waals surface area contributed by atoms with E-state index in [9.17, 15) is 0 Å². The summed E-state index contributed by atoms with van der Waals surface area (Å²) < 4.78 is 0. The minimum absolute atomic E-state index is 0.740. The maximum absolute atomic E-state index is 4.76. The van der Waals surface area contributed by atoms with Crippen LogP contribution in [-0.4, -0.2) is 11.5 Å². The van der Waals surface area contributed by atoms with Crippen LogP contribution in [-0.2, 0) is 6.54 Å². The van der Waals surface area contributed by atoms with Crippen molar-refractivity contribution in [3.8, 4) is 0 Å². The van der Waals surface area contributed by atoms with Gasteiger partial charge in [0.1, 0.15) is 0 Å². The molecule has 1 aliphatic rings. The quantitative estimate of drug-likeness (QED) is 0.867. The summed E-state index contributed by atoms with van der Waals surface area (Å²) in [5.41, 5.74) is 1.22. The SMILES string of the molecule is CCNCc1csc(C2CCCC(C)C2)n1. The number of hydrogen-bond donors (Lipinski definition) is 1. The number of aromatic nitrogens is 1. The summed E-state index contributed by atoms with van der Waals surface area (Å²) in [5, 5.41) is 6.93. The van der Waals surface area contributed by atoms with Crippen LogP contribution in [0.3, 0.4) is 0 Å². The monoisotopic (exact) mass is 238 g/mol. The Balaban J connectivity index is 1.95. The number of nitrogens with zero attached hydrogens (tertiary/aromatic N) is 1. The molecule has 0 aliphatic heterocycles. The highest BCUT2D eigenvalue weighted by Gasteiger charge is 2.22. The summed E-state index contributed by atoms with van der Waals surface area (Å²) >= 11 is 1.86. The minimum Gasteiger partial charge on any atom is -0.311 e. The Morgan fingerprint density at radius 2 is 2.38 bits per heavy atom. The molecule has 0 aromatic carbocycles. The van der Waals surface area contributed by atoms with Gasteiger partial charge in [0.25, 0.3) is 0 Å². The van der Waals surface area contributed by atoms with Crippen molar-refractivity contribution in [2.24, 2.45) is 5.92 Å². The second-order valence-corrected chi connectivity index (χ2v) is 5.82. The largest absolute Gasteiger partial charge is 0.311 e. The van der Waals surface area contributed by atoms with Crippen molar-refractivity contribution in [3.05, 3.63) is 16.1 Å². The van der Waals surface area contributed by atoms with Crippen molar-refractivity contribution >= 4 is 11.3 Å². The average Bonchev–Trinajstić information content (AvgIpc) is 2.75. The van der Waals surface area contributed by atoms with E-state index in [1.165, 1.54) is 36.4 Å². The Kier molecular flexibility index (Phi) is 4.36. The maximum atomic E-state index is 4.76. The zero-order valence-electron chi connectivity index (χ0n) is 10.3. The third kappa shape index (κ3) is 3.05. The smallest absolute Gasteiger partial charge is 0.0959 e. The lowest BCUT2D eigenvalue weighted by Gasteiger charge is -2.24. The van der Waals surface area contributed by atoms with E-state index in [0.29, 0.717) is 0 Å². The van der Waals surface area contributed by atoms with E-state index < -0.39 is 0 Å². The molecule has 1 fully saturated rings. The first-order chi connectivity index (χ1) is 7.79. The van der Waals surface area contributed by atoms with Gasteiger partial charge in [-0.15, -0.1) is 11.3 Å². The van der Waals surface area contributed by atoms with E-state index in [1.54, 1.807) is 0 Å². The van der Waals surface area contributed by atoms with Crippen LogP contribution in [0.1, 0.15) is 56.2 Å². The van der Waals surface area contributed by atoms with E-state index in [2.05, 4.69) is 24.5 Å². The highest BCUT2D eigenvalue weighted by Crippen LogP contribution is 2.37. The number of rotatable bonds is 4. The molecule has 0 spiro atoms. The van der Waals surface area contributed by atoms with Crippen molar-refractivity contribution in [2.45, 2.75) is 52.0 Å². The molecule has 1 N–H and O–H groups in total. The molecule has 0 radical (unpaired) electrons. The average molecular weight is 238 g/mol. The summed E-state index contributed by atoms with van der Waals surface area (Å²) in [7, 11) is 0. The molecule has 0 amide bonds. The van der Waals surface area contributed by atoms with Crippen LogP contribution in [0, 0.1) is 5.92 Å². The molecule has 2 atom stereocenters. The lowest BCUT2D eigenvalue weighted by Crippen LogP contribution is -2.13. The highest BCUT2D eigenvalue weighted by molar-refractivity contribution is 7.09. The third-order valence-corrected chi connectivity index (χ3v) is 4.47. The van der Waals surface area contributed by atoms with Crippen LogP contribution in [0.5, 0.6) is 0 Å². The van der Waals surface area contributed by atoms with Crippen LogP contribution in [0.4, 0.5) is 0 Å². The Bertz CT molecular complexity index is 321. The van der Waals surface area contributed by atoms with Crippen LogP contribution < -0.4 is 5.32 Å². The Hall–Kier alpha value is -0.410. The summed E-state index contributed by atoms with van der Waals surface area (Å²) in [6, 6.07) is 0. The molecule has 1 aromatic rings. The molecule has 90 valence electrons. The van der Waals surface area contributed by atoms with Gasteiger partial charge in [-0.05, 0) is 25.3 Å². The van der Waals surface area contributed by atoms with Crippen molar-refractivity contribution in [3.63, 3.8) is 0 Å². The molecule has 2 nitrogen and oxygen atoms in total. The number of hydrogen-bond acceptors (Lipinski definition) is 3. The lowest BCUT2D eigenvalue weighted by atomic mass is 9.83. The highest BCUT2D eigenvalue weighted by atomic mass is 32.1. The van der Waals surface area contributed by atoms with Crippen LogP contribution in [0.2, 0.25) is 0 Å². The zero-order chi connectivity index (χ0) is 11.4. The van der Waals surface area contributed by atoms with Gasteiger partial charge >= 0.3 is 0 Å². The number of thiazole rings is 1. The molecule has 2 unspecified atom stereocenters. The van der Waals surface area contributed by atoms with Crippen LogP contribution >= 0.6 is 11.3 Å². The summed E-state index contributed by atoms with van der Waals surface area (Å²) in [5.74, 6) is 1.63. The Labute approximate surface area is 102 Å². The molecule has 16 heavy (non-hydrogen) atoms. The van der Waals surface area contributed by atoms with E-state index in [0.717, 1.165) is 24.9 Å². The molecular formula is C13H22N2S. The van der Waals surface area contributed by atoms with E-state index in [1.807, 2.05) is 11.3 Å². The first-order valence-corrected chi connectivity index (χ1v) is 7.32. The second-order valence-electron chi connectivity index (χ2n) is 4.93. The van der Waals surface area contributed by atoms with Gasteiger partial charge in [0.05, 0.1) is 10.7 Å². The first-order valence-electron chi connectivity index (χ1n) is 6.44. The molecule has 0 bridgehead atoms. The molecule has 3 heteroatoms. The standard InChI is InChI=1S/C13H22N2S/c1-3-14-8-12-9-16-13(15-12)11-6-4-5-10(2)7-11/h9-11,14H,3-8H2,1-2H3. The Morgan fingerprint density at radius 3 is 3.12 bits per heavy atom. The van der Waals surface area contributed by atoms with Gasteiger partial charge in [-0.1, -0.05) is 26.7 Å². The fraction of sp³-hybridized carbons (Fsp3) is 0.769. The van der Waals surface area contributed by atoms with E-state index >= 15 is 0 Å². The van der Waals surface area contributed by atoms with E-state index in [4.69, 9.17) is 4.98 Å². The van der Waals surface area contributed by atoms with Gasteiger partial charge in [-0.2, -0.15) is 0 Å². The normalized spacial score (nSPS) is 25.9. The van der Waals surface area contributed by atoms with Gasteiger partial charge in [-0.25, -0.2) is 4.98 Å². The maximum Gasteiger partial charge on any atom is 0.0959 e. The fourth-order valence-corrected chi connectivity index (χ4v) is 3.47. The predicted molar refractivity (Wildman–Crippen MR) is 69.9 cm³/mol. The molecule has 0 saturated heterocycles. The zero-order valence-corrected chi connectivity index (χ0v) is 11.1. The second kappa shape index (κ2) is 5.78. The van der Waals surface area contributed by atoms with Crippen LogP contribution in [0.25, 0.3) is 0 Å². The molecule has 1 aliphatic carbocycles. The van der Waals surface area contributed by atoms with Gasteiger partial charge in [0.2, 0.25) is 0 Å². The van der Waals surface area contributed by atoms with Crippen molar-refractivity contribution < 1.29 is 0 Å². The molecule has 1 aromatic heterocycles. The van der Waals surface area contributed by atoms with Crippen LogP contribution in [0.15, 0.2) is 5.38 Å². The lowest BCUT2D eigenvalue weighted by molar-refractivity contribution is 0.343. The molecule has 1 saturated carbocycles. The topological polar surface area (TPSA) is 24.9 Å². The minimum atomic E-state index is 0.740. The molecular weight excluding hydrogens is 216 g/mol. The number of nitrogens with one attached hydrogen (secondary N) is 1. The van der Waals surface area contributed by atoms with Gasteiger partial charge < -0.3 is 5.32 Å². The van der Waals surface area contributed by atoms with Crippen molar-refractivity contribution in [2.75, 3.05) is 6.54 Å². The molecule has 2 rings (SSSR count). The van der Waals surface area contributed by atoms with Gasteiger partial charge in [0, 0.05) is 17.8 Å². The summed E-state index contributed by atoms with van der Waals surface area (Å²) in [6.45, 7) is 6.46. The summed E-state index contributed by atoms with van der Waals surface area (Å²) in [4.78, 5) is 4.76. The van der Waals surface area contributed by atoms with Crippen molar-refractivity contribution in [1.29, 1.82) is 0 Å². The third-order valence-electron chi connectivity index (χ3n) is 3.41. The van der Waals surface area contributed by atoms with Gasteiger partial charge in [-0.3, -0.25) is 0 Å². The summed E-state index contributed by atoms with van der Waals surface area (Å²) in [6.07, 6.45) is 5.48. The van der Waals surface area contributed by atoms with E-state index in [-0.39, 0.29) is 0 Å². The predicted octanol–water partition coefficient (Wildman–Crippen LogP) is 3.55. The van der Waals surface area contributed by atoms with Crippen molar-refractivity contribution in [1.82, 2.24) is 10.3 Å².